The molecule has 1 aromatic carbocycles. The van der Waals surface area contributed by atoms with Gasteiger partial charge in [-0.05, 0) is 38.2 Å². The lowest BCUT2D eigenvalue weighted by atomic mass is 9.92. The number of ether oxygens (including phenoxy) is 1. The Balaban J connectivity index is 1.69. The summed E-state index contributed by atoms with van der Waals surface area (Å²) in [5.41, 5.74) is 8.28. The van der Waals surface area contributed by atoms with Crippen LogP contribution in [0.25, 0.3) is 0 Å². The van der Waals surface area contributed by atoms with Gasteiger partial charge in [0, 0.05) is 25.6 Å². The van der Waals surface area contributed by atoms with E-state index in [1.165, 1.54) is 17.5 Å². The van der Waals surface area contributed by atoms with Crippen LogP contribution in [0.4, 0.5) is 0 Å². The maximum Gasteiger partial charge on any atom is 0.251 e. The summed E-state index contributed by atoms with van der Waals surface area (Å²) >= 11 is 0. The standard InChI is InChI=1S/C19H28N2O2/c1-13-6-8-14(9-7-13)16-4-3-5-17(16)21(2)19(22)18-11-10-15(12-20)23-18/h6-9,15-18H,3-5,10-12,20H2,1-2H3/t15-,16?,17?,18+/m1/s1. The van der Waals surface area contributed by atoms with Crippen LogP contribution in [0.3, 0.4) is 0 Å². The first-order chi connectivity index (χ1) is 11.1. The van der Waals surface area contributed by atoms with Crippen LogP contribution in [0.2, 0.25) is 0 Å². The van der Waals surface area contributed by atoms with Crippen molar-refractivity contribution < 1.29 is 9.53 Å². The maximum atomic E-state index is 12.8. The van der Waals surface area contributed by atoms with Gasteiger partial charge in [0.15, 0.2) is 0 Å². The first-order valence-corrected chi connectivity index (χ1v) is 8.79. The van der Waals surface area contributed by atoms with Gasteiger partial charge in [0.2, 0.25) is 0 Å². The average molecular weight is 316 g/mol. The minimum Gasteiger partial charge on any atom is -0.364 e. The second kappa shape index (κ2) is 7.02. The number of carbonyl (C=O) groups excluding carboxylic acids is 1. The maximum absolute atomic E-state index is 12.8. The van der Waals surface area contributed by atoms with Gasteiger partial charge >= 0.3 is 0 Å². The molecule has 1 saturated heterocycles. The van der Waals surface area contributed by atoms with Gasteiger partial charge in [0.1, 0.15) is 6.10 Å². The number of likely N-dealkylation sites (N-methyl/N-ethyl adjacent to an activating group) is 1. The van der Waals surface area contributed by atoms with E-state index >= 15 is 0 Å². The highest BCUT2D eigenvalue weighted by Gasteiger charge is 2.38. The molecule has 1 aliphatic carbocycles. The summed E-state index contributed by atoms with van der Waals surface area (Å²) < 4.78 is 5.79. The summed E-state index contributed by atoms with van der Waals surface area (Å²) in [5.74, 6) is 0.571. The first kappa shape index (κ1) is 16.5. The molecule has 2 unspecified atom stereocenters. The van der Waals surface area contributed by atoms with E-state index in [1.54, 1.807) is 0 Å². The lowest BCUT2D eigenvalue weighted by Gasteiger charge is -2.32. The van der Waals surface area contributed by atoms with Crippen LogP contribution in [0, 0.1) is 6.92 Å². The van der Waals surface area contributed by atoms with Crippen LogP contribution in [0.15, 0.2) is 24.3 Å². The van der Waals surface area contributed by atoms with Gasteiger partial charge in [-0.2, -0.15) is 0 Å². The summed E-state index contributed by atoms with van der Waals surface area (Å²) in [6.07, 6.45) is 4.86. The highest BCUT2D eigenvalue weighted by Crippen LogP contribution is 2.38. The van der Waals surface area contributed by atoms with E-state index in [4.69, 9.17) is 10.5 Å². The Kier molecular flexibility index (Phi) is 5.02. The Morgan fingerprint density at radius 3 is 2.61 bits per heavy atom. The van der Waals surface area contributed by atoms with E-state index in [1.807, 2.05) is 11.9 Å². The molecule has 4 heteroatoms. The second-order valence-electron chi connectivity index (χ2n) is 7.02. The van der Waals surface area contributed by atoms with E-state index in [9.17, 15) is 4.79 Å². The molecule has 1 aromatic rings. The third-order valence-corrected chi connectivity index (χ3v) is 5.48. The molecule has 2 N–H and O–H groups in total. The molecule has 4 atom stereocenters. The number of nitrogens with two attached hydrogens (primary N) is 1. The molecule has 0 aromatic heterocycles. The Hall–Kier alpha value is -1.39. The minimum absolute atomic E-state index is 0.0498. The van der Waals surface area contributed by atoms with E-state index in [2.05, 4.69) is 31.2 Å². The van der Waals surface area contributed by atoms with Crippen LogP contribution in [-0.4, -0.2) is 42.6 Å². The SMILES string of the molecule is Cc1ccc(C2CCCC2N(C)C(=O)[C@@H]2CC[C@H](CN)O2)cc1. The van der Waals surface area contributed by atoms with Crippen molar-refractivity contribution >= 4 is 5.91 Å². The van der Waals surface area contributed by atoms with Crippen LogP contribution < -0.4 is 5.73 Å². The molecule has 1 saturated carbocycles. The number of aryl methyl sites for hydroxylation is 1. The van der Waals surface area contributed by atoms with Crippen molar-refractivity contribution in [3.05, 3.63) is 35.4 Å². The molecule has 0 radical (unpaired) electrons. The minimum atomic E-state index is -0.298. The van der Waals surface area contributed by atoms with Gasteiger partial charge in [0.25, 0.3) is 5.91 Å². The number of rotatable bonds is 4. The summed E-state index contributed by atoms with van der Waals surface area (Å²) in [6, 6.07) is 9.04. The third-order valence-electron chi connectivity index (χ3n) is 5.48. The smallest absolute Gasteiger partial charge is 0.251 e. The van der Waals surface area contributed by atoms with E-state index < -0.39 is 0 Å². The van der Waals surface area contributed by atoms with Crippen molar-refractivity contribution in [2.45, 2.75) is 63.2 Å². The lowest BCUT2D eigenvalue weighted by molar-refractivity contribution is -0.143. The highest BCUT2D eigenvalue weighted by atomic mass is 16.5. The summed E-state index contributed by atoms with van der Waals surface area (Å²) in [5, 5.41) is 0. The molecule has 1 amide bonds. The van der Waals surface area contributed by atoms with Crippen molar-refractivity contribution in [1.29, 1.82) is 0 Å². The van der Waals surface area contributed by atoms with Crippen molar-refractivity contribution in [2.75, 3.05) is 13.6 Å². The molecule has 4 nitrogen and oxygen atoms in total. The fourth-order valence-corrected chi connectivity index (χ4v) is 4.06. The number of carbonyl (C=O) groups is 1. The van der Waals surface area contributed by atoms with Gasteiger partial charge in [-0.15, -0.1) is 0 Å². The van der Waals surface area contributed by atoms with Crippen LogP contribution in [0.5, 0.6) is 0 Å². The number of hydrogen-bond donors (Lipinski definition) is 1. The Morgan fingerprint density at radius 2 is 1.96 bits per heavy atom. The molecule has 0 bridgehead atoms. The number of hydrogen-bond acceptors (Lipinski definition) is 3. The van der Waals surface area contributed by atoms with Crippen LogP contribution >= 0.6 is 0 Å². The fourth-order valence-electron chi connectivity index (χ4n) is 4.06. The van der Waals surface area contributed by atoms with E-state index in [0.717, 1.165) is 25.7 Å². The summed E-state index contributed by atoms with van der Waals surface area (Å²) in [6.45, 7) is 2.61. The molecule has 0 spiro atoms. The molecule has 23 heavy (non-hydrogen) atoms. The molecule has 3 rings (SSSR count). The third kappa shape index (κ3) is 3.43. The Morgan fingerprint density at radius 1 is 1.22 bits per heavy atom. The predicted octanol–water partition coefficient (Wildman–Crippen LogP) is 2.60. The van der Waals surface area contributed by atoms with Crippen LogP contribution in [0.1, 0.15) is 49.1 Å². The molecule has 1 heterocycles. The second-order valence-corrected chi connectivity index (χ2v) is 7.02. The van der Waals surface area contributed by atoms with Crippen molar-refractivity contribution in [3.63, 3.8) is 0 Å². The lowest BCUT2D eigenvalue weighted by Crippen LogP contribution is -2.44. The molecule has 2 aliphatic rings. The van der Waals surface area contributed by atoms with Gasteiger partial charge in [-0.1, -0.05) is 36.2 Å². The Labute approximate surface area is 139 Å². The predicted molar refractivity (Wildman–Crippen MR) is 91.3 cm³/mol. The zero-order chi connectivity index (χ0) is 16.4. The largest absolute Gasteiger partial charge is 0.364 e. The number of nitrogens with zero attached hydrogens (tertiary/aromatic N) is 1. The normalized spacial score (nSPS) is 30.6. The Bertz CT molecular complexity index is 543. The van der Waals surface area contributed by atoms with Crippen molar-refractivity contribution in [2.24, 2.45) is 5.73 Å². The van der Waals surface area contributed by atoms with E-state index in [-0.39, 0.29) is 24.2 Å². The first-order valence-electron chi connectivity index (χ1n) is 8.79. The molecule has 1 aliphatic heterocycles. The zero-order valence-corrected chi connectivity index (χ0v) is 14.2. The van der Waals surface area contributed by atoms with Gasteiger partial charge in [-0.25, -0.2) is 0 Å². The van der Waals surface area contributed by atoms with Gasteiger partial charge < -0.3 is 15.4 Å². The van der Waals surface area contributed by atoms with Crippen molar-refractivity contribution in [3.8, 4) is 0 Å². The monoisotopic (exact) mass is 316 g/mol. The van der Waals surface area contributed by atoms with Gasteiger partial charge in [-0.3, -0.25) is 4.79 Å². The summed E-state index contributed by atoms with van der Waals surface area (Å²) in [7, 11) is 1.94. The van der Waals surface area contributed by atoms with Gasteiger partial charge in [0.05, 0.1) is 6.10 Å². The zero-order valence-electron chi connectivity index (χ0n) is 14.2. The molecule has 2 fully saturated rings. The molecular formula is C19H28N2O2. The quantitative estimate of drug-likeness (QED) is 0.929. The summed E-state index contributed by atoms with van der Waals surface area (Å²) in [4.78, 5) is 14.7. The van der Waals surface area contributed by atoms with Crippen molar-refractivity contribution in [1.82, 2.24) is 4.90 Å². The highest BCUT2D eigenvalue weighted by molar-refractivity contribution is 5.81. The molecular weight excluding hydrogens is 288 g/mol. The number of benzene rings is 1. The number of amides is 1. The topological polar surface area (TPSA) is 55.6 Å². The molecule has 126 valence electrons. The van der Waals surface area contributed by atoms with Crippen LogP contribution in [-0.2, 0) is 9.53 Å². The van der Waals surface area contributed by atoms with E-state index in [0.29, 0.717) is 12.5 Å². The average Bonchev–Trinajstić information content (AvgIpc) is 3.23. The fraction of sp³-hybridized carbons (Fsp3) is 0.632.